The number of aryl methyl sites for hydroxylation is 1. The van der Waals surface area contributed by atoms with Gasteiger partial charge in [0.25, 0.3) is 5.89 Å². The average Bonchev–Trinajstić information content (AvgIpc) is 2.98. The zero-order chi connectivity index (χ0) is 17.5. The maximum Gasteiger partial charge on any atom is 0.319 e. The Bertz CT molecular complexity index is 705. The molecule has 0 saturated carbocycles. The third-order valence-corrected chi connectivity index (χ3v) is 3.95. The predicted molar refractivity (Wildman–Crippen MR) is 85.8 cm³/mol. The van der Waals surface area contributed by atoms with Crippen molar-refractivity contribution >= 4 is 29.3 Å². The summed E-state index contributed by atoms with van der Waals surface area (Å²) in [7, 11) is 0. The molecule has 1 atom stereocenters. The Kier molecular flexibility index (Phi) is 6.30. The third kappa shape index (κ3) is 5.65. The Morgan fingerprint density at radius 3 is 2.71 bits per heavy atom. The molecule has 9 heteroatoms. The van der Waals surface area contributed by atoms with Crippen LogP contribution in [0.15, 0.2) is 28.8 Å². The van der Waals surface area contributed by atoms with Crippen LogP contribution < -0.4 is 5.32 Å². The van der Waals surface area contributed by atoms with E-state index in [0.717, 1.165) is 11.8 Å². The molecule has 0 saturated heterocycles. The summed E-state index contributed by atoms with van der Waals surface area (Å²) in [6.07, 6.45) is 0. The average molecular weight is 353 g/mol. The largest absolute Gasteiger partial charge is 0.455 e. The number of hydrogen-bond donors (Lipinski definition) is 1. The van der Waals surface area contributed by atoms with E-state index in [4.69, 9.17) is 9.26 Å². The van der Waals surface area contributed by atoms with Crippen LogP contribution in [0.25, 0.3) is 0 Å². The minimum atomic E-state index is -0.534. The van der Waals surface area contributed by atoms with E-state index in [9.17, 15) is 14.0 Å². The zero-order valence-corrected chi connectivity index (χ0v) is 13.9. The van der Waals surface area contributed by atoms with Gasteiger partial charge in [-0.05, 0) is 38.1 Å². The summed E-state index contributed by atoms with van der Waals surface area (Å²) >= 11 is 1.13. The molecule has 0 aliphatic rings. The van der Waals surface area contributed by atoms with Gasteiger partial charge >= 0.3 is 5.97 Å². The molecule has 1 aromatic carbocycles. The maximum atomic E-state index is 12.8. The number of benzene rings is 1. The molecule has 7 nitrogen and oxygen atoms in total. The molecule has 0 unspecified atom stereocenters. The van der Waals surface area contributed by atoms with Crippen LogP contribution in [-0.4, -0.2) is 33.0 Å². The van der Waals surface area contributed by atoms with Crippen molar-refractivity contribution in [3.63, 3.8) is 0 Å². The van der Waals surface area contributed by atoms with Gasteiger partial charge in [-0.15, -0.1) is 11.8 Å². The highest BCUT2D eigenvalue weighted by Gasteiger charge is 2.18. The number of carbonyl (C=O) groups is 2. The van der Waals surface area contributed by atoms with E-state index < -0.39 is 11.2 Å². The van der Waals surface area contributed by atoms with Gasteiger partial charge < -0.3 is 14.6 Å². The van der Waals surface area contributed by atoms with E-state index in [1.807, 2.05) is 0 Å². The highest BCUT2D eigenvalue weighted by atomic mass is 32.2. The Labute approximate surface area is 142 Å². The van der Waals surface area contributed by atoms with Gasteiger partial charge in [0.1, 0.15) is 11.1 Å². The molecule has 0 fully saturated rings. The number of halogens is 1. The van der Waals surface area contributed by atoms with Crippen LogP contribution in [0.3, 0.4) is 0 Å². The van der Waals surface area contributed by atoms with Crippen molar-refractivity contribution in [2.45, 2.75) is 25.7 Å². The van der Waals surface area contributed by atoms with Crippen molar-refractivity contribution in [1.29, 1.82) is 0 Å². The van der Waals surface area contributed by atoms with Crippen molar-refractivity contribution in [3.05, 3.63) is 41.8 Å². The highest BCUT2D eigenvalue weighted by Crippen LogP contribution is 2.14. The normalized spacial score (nSPS) is 11.8. The summed E-state index contributed by atoms with van der Waals surface area (Å²) in [4.78, 5) is 27.5. The molecule has 1 aromatic heterocycles. The molecule has 128 valence electrons. The number of hydrogen-bond acceptors (Lipinski definition) is 7. The number of amides is 1. The molecule has 0 aliphatic carbocycles. The van der Waals surface area contributed by atoms with Crippen LogP contribution >= 0.6 is 11.8 Å². The van der Waals surface area contributed by atoms with Gasteiger partial charge in [0.2, 0.25) is 5.91 Å². The first-order chi connectivity index (χ1) is 11.4. The molecular formula is C15H16FN3O4S. The summed E-state index contributed by atoms with van der Waals surface area (Å²) < 4.78 is 22.6. The van der Waals surface area contributed by atoms with Gasteiger partial charge in [-0.2, -0.15) is 4.98 Å². The molecule has 0 spiro atoms. The van der Waals surface area contributed by atoms with Gasteiger partial charge in [-0.1, -0.05) is 5.16 Å². The Balaban J connectivity index is 1.71. The number of anilines is 1. The van der Waals surface area contributed by atoms with E-state index in [0.29, 0.717) is 11.5 Å². The van der Waals surface area contributed by atoms with Crippen molar-refractivity contribution in [3.8, 4) is 0 Å². The molecule has 2 aromatic rings. The fraction of sp³-hybridized carbons (Fsp3) is 0.333. The first-order valence-electron chi connectivity index (χ1n) is 7.07. The lowest BCUT2D eigenvalue weighted by molar-refractivity contribution is -0.144. The monoisotopic (exact) mass is 353 g/mol. The number of ether oxygens (including phenoxy) is 1. The number of carbonyl (C=O) groups excluding carboxylic acids is 2. The van der Waals surface area contributed by atoms with Crippen molar-refractivity contribution in [1.82, 2.24) is 10.1 Å². The topological polar surface area (TPSA) is 94.3 Å². The van der Waals surface area contributed by atoms with Gasteiger partial charge in [-0.25, -0.2) is 4.39 Å². The van der Waals surface area contributed by atoms with Crippen LogP contribution in [0.5, 0.6) is 0 Å². The van der Waals surface area contributed by atoms with Crippen molar-refractivity contribution < 1.29 is 23.2 Å². The zero-order valence-electron chi connectivity index (χ0n) is 13.1. The van der Waals surface area contributed by atoms with Crippen LogP contribution in [0, 0.1) is 12.7 Å². The van der Waals surface area contributed by atoms with E-state index in [2.05, 4.69) is 15.5 Å². The van der Waals surface area contributed by atoms with Crippen LogP contribution in [0.1, 0.15) is 18.6 Å². The molecule has 2 rings (SSSR count). The molecule has 0 aliphatic heterocycles. The van der Waals surface area contributed by atoms with Gasteiger partial charge in [0.05, 0.1) is 5.75 Å². The van der Waals surface area contributed by atoms with Crippen molar-refractivity contribution in [2.24, 2.45) is 0 Å². The lowest BCUT2D eigenvalue weighted by Gasteiger charge is -2.10. The number of aromatic nitrogens is 2. The molecule has 1 amide bonds. The third-order valence-electron chi connectivity index (χ3n) is 2.83. The summed E-state index contributed by atoms with van der Waals surface area (Å²) in [6, 6.07) is 5.42. The molecule has 24 heavy (non-hydrogen) atoms. The summed E-state index contributed by atoms with van der Waals surface area (Å²) in [5, 5.41) is 5.66. The lowest BCUT2D eigenvalue weighted by Crippen LogP contribution is -2.21. The van der Waals surface area contributed by atoms with E-state index in [1.54, 1.807) is 13.8 Å². The number of thioether (sulfide) groups is 1. The Hall–Kier alpha value is -2.42. The molecule has 1 N–H and O–H groups in total. The second kappa shape index (κ2) is 8.44. The van der Waals surface area contributed by atoms with Crippen molar-refractivity contribution in [2.75, 3.05) is 11.1 Å². The summed E-state index contributed by atoms with van der Waals surface area (Å²) in [5.74, 6) is -0.416. The van der Waals surface area contributed by atoms with Crippen LogP contribution in [0.4, 0.5) is 10.1 Å². The Morgan fingerprint density at radius 2 is 2.08 bits per heavy atom. The van der Waals surface area contributed by atoms with Gasteiger partial charge in [-0.3, -0.25) is 9.59 Å². The minimum Gasteiger partial charge on any atom is -0.455 e. The quantitative estimate of drug-likeness (QED) is 0.763. The van der Waals surface area contributed by atoms with E-state index >= 15 is 0 Å². The lowest BCUT2D eigenvalue weighted by atomic mass is 10.3. The maximum absolute atomic E-state index is 12.8. The SMILES string of the molecule is Cc1noc(COC(=O)[C@@H](C)SCC(=O)Nc2ccc(F)cc2)n1. The molecule has 0 bridgehead atoms. The number of nitrogens with zero attached hydrogens (tertiary/aromatic N) is 2. The predicted octanol–water partition coefficient (Wildman–Crippen LogP) is 2.32. The fourth-order valence-corrected chi connectivity index (χ4v) is 2.33. The molecule has 1 heterocycles. The second-order valence-corrected chi connectivity index (χ2v) is 6.18. The first-order valence-corrected chi connectivity index (χ1v) is 8.12. The number of nitrogens with one attached hydrogen (secondary N) is 1. The fourth-order valence-electron chi connectivity index (χ4n) is 1.65. The minimum absolute atomic E-state index is 0.0628. The molecule has 0 radical (unpaired) electrons. The van der Waals surface area contributed by atoms with Gasteiger partial charge in [0, 0.05) is 5.69 Å². The number of esters is 1. The Morgan fingerprint density at radius 1 is 1.38 bits per heavy atom. The summed E-state index contributed by atoms with van der Waals surface area (Å²) in [6.45, 7) is 3.19. The smallest absolute Gasteiger partial charge is 0.319 e. The number of rotatable bonds is 7. The van der Waals surface area contributed by atoms with E-state index in [-0.39, 0.29) is 30.0 Å². The first kappa shape index (κ1) is 17.9. The van der Waals surface area contributed by atoms with Crippen LogP contribution in [-0.2, 0) is 20.9 Å². The van der Waals surface area contributed by atoms with E-state index in [1.165, 1.54) is 24.3 Å². The highest BCUT2D eigenvalue weighted by molar-refractivity contribution is 8.01. The molecular weight excluding hydrogens is 337 g/mol. The van der Waals surface area contributed by atoms with Gasteiger partial charge in [0.15, 0.2) is 12.4 Å². The van der Waals surface area contributed by atoms with Crippen LogP contribution in [0.2, 0.25) is 0 Å². The standard InChI is InChI=1S/C15H16FN3O4S/c1-9(15(21)22-7-14-17-10(2)19-23-14)24-8-13(20)18-12-5-3-11(16)4-6-12/h3-6,9H,7-8H2,1-2H3,(H,18,20)/t9-/m1/s1. The second-order valence-electron chi connectivity index (χ2n) is 4.85. The summed E-state index contributed by atoms with van der Waals surface area (Å²) in [5.41, 5.74) is 0.490.